The molecule has 1 aromatic rings. The standard InChI is InChI=1S/C12H21N3S2/c1-4-13-11(10-5-6-14-15(10)3)12-9(2)16-7-8-17-12/h5-6,9,11-13H,4,7-8H2,1-3H3. The number of rotatable bonds is 4. The summed E-state index contributed by atoms with van der Waals surface area (Å²) < 4.78 is 2.00. The van der Waals surface area contributed by atoms with Gasteiger partial charge in [-0.05, 0) is 12.6 Å². The first kappa shape index (κ1) is 13.3. The van der Waals surface area contributed by atoms with Gasteiger partial charge in [-0.15, -0.1) is 0 Å². The SMILES string of the molecule is CCNC(c1ccnn1C)C1SCCSC1C. The summed E-state index contributed by atoms with van der Waals surface area (Å²) in [6.07, 6.45) is 1.89. The van der Waals surface area contributed by atoms with Crippen molar-refractivity contribution in [2.75, 3.05) is 18.1 Å². The third kappa shape index (κ3) is 3.01. The van der Waals surface area contributed by atoms with Crippen molar-refractivity contribution in [3.63, 3.8) is 0 Å². The highest BCUT2D eigenvalue weighted by atomic mass is 32.2. The van der Waals surface area contributed by atoms with Gasteiger partial charge in [0.15, 0.2) is 0 Å². The minimum atomic E-state index is 0.417. The van der Waals surface area contributed by atoms with Crippen LogP contribution in [0.3, 0.4) is 0 Å². The van der Waals surface area contributed by atoms with Crippen LogP contribution in [0.15, 0.2) is 12.3 Å². The first-order valence-electron chi connectivity index (χ1n) is 6.18. The summed E-state index contributed by atoms with van der Waals surface area (Å²) in [5, 5.41) is 9.28. The predicted octanol–water partition coefficient (Wildman–Crippen LogP) is 2.31. The van der Waals surface area contributed by atoms with E-state index in [4.69, 9.17) is 0 Å². The lowest BCUT2D eigenvalue weighted by atomic mass is 10.1. The second-order valence-electron chi connectivity index (χ2n) is 4.33. The summed E-state index contributed by atoms with van der Waals surface area (Å²) in [5.41, 5.74) is 1.30. The van der Waals surface area contributed by atoms with E-state index in [0.29, 0.717) is 16.5 Å². The van der Waals surface area contributed by atoms with Gasteiger partial charge >= 0.3 is 0 Å². The fourth-order valence-electron chi connectivity index (χ4n) is 2.31. The Balaban J connectivity index is 2.19. The van der Waals surface area contributed by atoms with Crippen molar-refractivity contribution in [3.8, 4) is 0 Å². The summed E-state index contributed by atoms with van der Waals surface area (Å²) in [4.78, 5) is 0. The second-order valence-corrected chi connectivity index (χ2v) is 7.10. The molecule has 1 aromatic heterocycles. The lowest BCUT2D eigenvalue weighted by molar-refractivity contribution is 0.489. The van der Waals surface area contributed by atoms with E-state index in [9.17, 15) is 0 Å². The first-order chi connectivity index (χ1) is 8.24. The minimum absolute atomic E-state index is 0.417. The Hall–Kier alpha value is -0.130. The highest BCUT2D eigenvalue weighted by Crippen LogP contribution is 2.38. The number of thioether (sulfide) groups is 2. The number of aromatic nitrogens is 2. The molecular weight excluding hydrogens is 250 g/mol. The molecule has 5 heteroatoms. The van der Waals surface area contributed by atoms with Crippen molar-refractivity contribution < 1.29 is 0 Å². The van der Waals surface area contributed by atoms with Crippen LogP contribution in [0.5, 0.6) is 0 Å². The lowest BCUT2D eigenvalue weighted by Crippen LogP contribution is -2.38. The number of hydrogen-bond acceptors (Lipinski definition) is 4. The second kappa shape index (κ2) is 6.16. The summed E-state index contributed by atoms with van der Waals surface area (Å²) in [7, 11) is 2.03. The van der Waals surface area contributed by atoms with E-state index in [1.54, 1.807) is 0 Å². The van der Waals surface area contributed by atoms with Crippen LogP contribution in [-0.2, 0) is 7.05 Å². The maximum atomic E-state index is 4.30. The van der Waals surface area contributed by atoms with Crippen LogP contribution in [0, 0.1) is 0 Å². The average Bonchev–Trinajstić information content (AvgIpc) is 2.74. The fourth-order valence-corrected chi connectivity index (χ4v) is 5.25. The molecule has 0 saturated carbocycles. The molecule has 1 fully saturated rings. The molecule has 3 nitrogen and oxygen atoms in total. The number of nitrogens with one attached hydrogen (secondary N) is 1. The summed E-state index contributed by atoms with van der Waals surface area (Å²) >= 11 is 4.19. The largest absolute Gasteiger partial charge is 0.308 e. The van der Waals surface area contributed by atoms with Gasteiger partial charge < -0.3 is 5.32 Å². The van der Waals surface area contributed by atoms with Crippen LogP contribution in [-0.4, -0.2) is 38.3 Å². The summed E-state index contributed by atoms with van der Waals surface area (Å²) in [6.45, 7) is 5.53. The van der Waals surface area contributed by atoms with Crippen molar-refractivity contribution in [1.82, 2.24) is 15.1 Å². The molecule has 2 heterocycles. The highest BCUT2D eigenvalue weighted by Gasteiger charge is 2.32. The van der Waals surface area contributed by atoms with Gasteiger partial charge in [0.2, 0.25) is 0 Å². The third-order valence-corrected chi connectivity index (χ3v) is 6.36. The third-order valence-electron chi connectivity index (χ3n) is 3.17. The quantitative estimate of drug-likeness (QED) is 0.910. The molecule has 1 saturated heterocycles. The zero-order valence-electron chi connectivity index (χ0n) is 10.7. The maximum absolute atomic E-state index is 4.30. The fraction of sp³-hybridized carbons (Fsp3) is 0.750. The Kier molecular flexibility index (Phi) is 4.82. The molecule has 1 aliphatic heterocycles. The van der Waals surface area contributed by atoms with E-state index in [-0.39, 0.29) is 0 Å². The van der Waals surface area contributed by atoms with E-state index in [1.165, 1.54) is 17.2 Å². The molecular formula is C12H21N3S2. The van der Waals surface area contributed by atoms with Gasteiger partial charge in [0.05, 0.1) is 11.7 Å². The van der Waals surface area contributed by atoms with E-state index in [2.05, 4.69) is 53.9 Å². The van der Waals surface area contributed by atoms with Crippen molar-refractivity contribution >= 4 is 23.5 Å². The van der Waals surface area contributed by atoms with Crippen LogP contribution >= 0.6 is 23.5 Å². The Morgan fingerprint density at radius 1 is 1.53 bits per heavy atom. The topological polar surface area (TPSA) is 29.9 Å². The molecule has 0 aromatic carbocycles. The van der Waals surface area contributed by atoms with Gasteiger partial charge in [0.1, 0.15) is 0 Å². The molecule has 0 amide bonds. The van der Waals surface area contributed by atoms with Crippen LogP contribution in [0.1, 0.15) is 25.6 Å². The first-order valence-corrected chi connectivity index (χ1v) is 8.28. The van der Waals surface area contributed by atoms with Gasteiger partial charge in [0, 0.05) is 35.3 Å². The smallest absolute Gasteiger partial charge is 0.0623 e. The maximum Gasteiger partial charge on any atom is 0.0623 e. The molecule has 3 atom stereocenters. The molecule has 0 aliphatic carbocycles. The van der Waals surface area contributed by atoms with Crippen molar-refractivity contribution in [3.05, 3.63) is 18.0 Å². The minimum Gasteiger partial charge on any atom is -0.308 e. The molecule has 1 aliphatic rings. The normalized spacial score (nSPS) is 27.0. The van der Waals surface area contributed by atoms with E-state index in [1.807, 2.05) is 17.9 Å². The molecule has 0 radical (unpaired) electrons. The van der Waals surface area contributed by atoms with Crippen molar-refractivity contribution in [2.24, 2.45) is 7.05 Å². The molecule has 96 valence electrons. The predicted molar refractivity (Wildman–Crippen MR) is 77.8 cm³/mol. The van der Waals surface area contributed by atoms with E-state index in [0.717, 1.165) is 6.54 Å². The van der Waals surface area contributed by atoms with Gasteiger partial charge in [-0.1, -0.05) is 13.8 Å². The number of aryl methyl sites for hydroxylation is 1. The molecule has 3 unspecified atom stereocenters. The monoisotopic (exact) mass is 271 g/mol. The van der Waals surface area contributed by atoms with Gasteiger partial charge in [0.25, 0.3) is 0 Å². The summed E-state index contributed by atoms with van der Waals surface area (Å²) in [5.74, 6) is 2.55. The van der Waals surface area contributed by atoms with Gasteiger partial charge in [-0.3, -0.25) is 4.68 Å². The molecule has 0 bridgehead atoms. The van der Waals surface area contributed by atoms with Crippen molar-refractivity contribution in [2.45, 2.75) is 30.4 Å². The molecule has 0 spiro atoms. The van der Waals surface area contributed by atoms with Crippen LogP contribution in [0.4, 0.5) is 0 Å². The van der Waals surface area contributed by atoms with E-state index < -0.39 is 0 Å². The Bertz CT molecular complexity index is 353. The average molecular weight is 271 g/mol. The highest BCUT2D eigenvalue weighted by molar-refractivity contribution is 8.07. The Morgan fingerprint density at radius 2 is 2.29 bits per heavy atom. The molecule has 2 rings (SSSR count). The Labute approximate surface area is 112 Å². The summed E-state index contributed by atoms with van der Waals surface area (Å²) in [6, 6.07) is 2.56. The lowest BCUT2D eigenvalue weighted by Gasteiger charge is -2.34. The Morgan fingerprint density at radius 3 is 2.88 bits per heavy atom. The van der Waals surface area contributed by atoms with Crippen LogP contribution in [0.25, 0.3) is 0 Å². The number of nitrogens with zero attached hydrogens (tertiary/aromatic N) is 2. The molecule has 17 heavy (non-hydrogen) atoms. The number of hydrogen-bond donors (Lipinski definition) is 1. The van der Waals surface area contributed by atoms with Gasteiger partial charge in [-0.25, -0.2) is 0 Å². The van der Waals surface area contributed by atoms with Crippen LogP contribution < -0.4 is 5.32 Å². The molecule has 1 N–H and O–H groups in total. The van der Waals surface area contributed by atoms with Crippen LogP contribution in [0.2, 0.25) is 0 Å². The van der Waals surface area contributed by atoms with Gasteiger partial charge in [-0.2, -0.15) is 28.6 Å². The van der Waals surface area contributed by atoms with E-state index >= 15 is 0 Å². The zero-order valence-corrected chi connectivity index (χ0v) is 12.4. The zero-order chi connectivity index (χ0) is 12.3. The van der Waals surface area contributed by atoms with Crippen molar-refractivity contribution in [1.29, 1.82) is 0 Å².